The summed E-state index contributed by atoms with van der Waals surface area (Å²) in [6, 6.07) is 11.1. The molecule has 2 aromatic heterocycles. The van der Waals surface area contributed by atoms with Crippen molar-refractivity contribution in [3.8, 4) is 17.1 Å². The Labute approximate surface area is 180 Å². The number of fused-ring (bicyclic) bond motifs is 1. The predicted octanol–water partition coefficient (Wildman–Crippen LogP) is 4.56. The highest BCUT2D eigenvalue weighted by molar-refractivity contribution is 6.01. The summed E-state index contributed by atoms with van der Waals surface area (Å²) in [6.07, 6.45) is -1.45. The maximum Gasteiger partial charge on any atom is 0.416 e. The number of rotatable bonds is 5. The van der Waals surface area contributed by atoms with Crippen molar-refractivity contribution in [3.63, 3.8) is 0 Å². The molecule has 2 heterocycles. The minimum Gasteiger partial charge on any atom is -0.497 e. The third-order valence-electron chi connectivity index (χ3n) is 4.69. The first-order chi connectivity index (χ1) is 15.3. The Bertz CT molecular complexity index is 1310. The second-order valence-corrected chi connectivity index (χ2v) is 6.77. The summed E-state index contributed by atoms with van der Waals surface area (Å²) in [5.41, 5.74) is 5.31. The molecule has 0 saturated heterocycles. The number of benzene rings is 2. The van der Waals surface area contributed by atoms with Crippen LogP contribution in [-0.2, 0) is 6.18 Å². The first-order valence-electron chi connectivity index (χ1n) is 9.30. The van der Waals surface area contributed by atoms with Crippen molar-refractivity contribution in [1.29, 1.82) is 0 Å². The van der Waals surface area contributed by atoms with Crippen molar-refractivity contribution in [3.05, 3.63) is 72.1 Å². The molecule has 0 aliphatic rings. The van der Waals surface area contributed by atoms with E-state index >= 15 is 0 Å². The van der Waals surface area contributed by atoms with Crippen molar-refractivity contribution >= 4 is 28.3 Å². The Morgan fingerprint density at radius 2 is 1.91 bits per heavy atom. The van der Waals surface area contributed by atoms with E-state index in [1.807, 2.05) is 0 Å². The molecule has 10 heteroatoms. The van der Waals surface area contributed by atoms with Gasteiger partial charge < -0.3 is 15.8 Å². The van der Waals surface area contributed by atoms with Gasteiger partial charge in [-0.2, -0.15) is 13.2 Å². The van der Waals surface area contributed by atoms with Crippen LogP contribution in [0.15, 0.2) is 60.9 Å². The molecule has 1 amide bonds. The molecule has 0 atom stereocenters. The fraction of sp³-hybridized carbons (Fsp3) is 0.0909. The zero-order chi connectivity index (χ0) is 22.9. The Morgan fingerprint density at radius 1 is 1.09 bits per heavy atom. The average Bonchev–Trinajstić information content (AvgIpc) is 2.78. The topological polar surface area (TPSA) is 103 Å². The molecule has 7 nitrogen and oxygen atoms in total. The maximum absolute atomic E-state index is 13.3. The van der Waals surface area contributed by atoms with Gasteiger partial charge in [0.1, 0.15) is 11.6 Å². The Balaban J connectivity index is 1.92. The monoisotopic (exact) mass is 439 g/mol. The van der Waals surface area contributed by atoms with Crippen LogP contribution in [0.1, 0.15) is 15.9 Å². The Kier molecular flexibility index (Phi) is 5.35. The predicted molar refractivity (Wildman–Crippen MR) is 113 cm³/mol. The average molecular weight is 439 g/mol. The number of pyridine rings is 1. The number of hydrogen-bond acceptors (Lipinski definition) is 6. The number of carbonyl (C=O) groups is 1. The fourth-order valence-corrected chi connectivity index (χ4v) is 3.12. The smallest absolute Gasteiger partial charge is 0.416 e. The van der Waals surface area contributed by atoms with E-state index in [1.54, 1.807) is 42.7 Å². The van der Waals surface area contributed by atoms with Crippen LogP contribution in [0.25, 0.3) is 22.3 Å². The van der Waals surface area contributed by atoms with Gasteiger partial charge in [0, 0.05) is 23.3 Å². The quantitative estimate of drug-likeness (QED) is 0.473. The molecule has 4 rings (SSSR count). The lowest BCUT2D eigenvalue weighted by Crippen LogP contribution is -2.15. The lowest BCUT2D eigenvalue weighted by molar-refractivity contribution is -0.137. The van der Waals surface area contributed by atoms with E-state index in [1.165, 1.54) is 7.11 Å². The molecule has 4 aromatic rings. The van der Waals surface area contributed by atoms with Gasteiger partial charge in [-0.15, -0.1) is 0 Å². The van der Waals surface area contributed by atoms with Crippen LogP contribution in [0.4, 0.5) is 24.7 Å². The highest BCUT2D eigenvalue weighted by Gasteiger charge is 2.31. The number of anilines is 2. The number of primary amides is 1. The van der Waals surface area contributed by atoms with Gasteiger partial charge >= 0.3 is 6.18 Å². The number of alkyl halides is 3. The fourth-order valence-electron chi connectivity index (χ4n) is 3.12. The van der Waals surface area contributed by atoms with E-state index < -0.39 is 17.6 Å². The summed E-state index contributed by atoms with van der Waals surface area (Å²) in [6.45, 7) is 0. The second kappa shape index (κ2) is 8.14. The van der Waals surface area contributed by atoms with Crippen molar-refractivity contribution in [1.82, 2.24) is 15.0 Å². The molecule has 0 aliphatic heterocycles. The van der Waals surface area contributed by atoms with E-state index in [-0.39, 0.29) is 17.1 Å². The standard InChI is InChI=1S/C22H16F3N5O2/c1-32-14-5-7-17-16(10-14)21(30-20(28-17)12-3-2-8-27-11-12)29-18-9-13(22(23,24)25)4-6-15(18)19(26)31/h2-11H,1H3,(H2,26,31)(H,28,29,30). The van der Waals surface area contributed by atoms with Gasteiger partial charge in [-0.05, 0) is 48.5 Å². The molecule has 0 fully saturated rings. The van der Waals surface area contributed by atoms with Crippen LogP contribution < -0.4 is 15.8 Å². The van der Waals surface area contributed by atoms with Gasteiger partial charge in [0.05, 0.1) is 29.4 Å². The molecule has 0 aliphatic carbocycles. The molecule has 0 unspecified atom stereocenters. The third kappa shape index (κ3) is 4.15. The van der Waals surface area contributed by atoms with Gasteiger partial charge in [0.25, 0.3) is 5.91 Å². The van der Waals surface area contributed by atoms with E-state index in [0.717, 1.165) is 18.2 Å². The van der Waals surface area contributed by atoms with Crippen molar-refractivity contribution in [2.45, 2.75) is 6.18 Å². The molecule has 32 heavy (non-hydrogen) atoms. The second-order valence-electron chi connectivity index (χ2n) is 6.77. The highest BCUT2D eigenvalue weighted by atomic mass is 19.4. The number of aromatic nitrogens is 3. The van der Waals surface area contributed by atoms with E-state index in [9.17, 15) is 18.0 Å². The summed E-state index contributed by atoms with van der Waals surface area (Å²) in [5.74, 6) is 0.0857. The van der Waals surface area contributed by atoms with Crippen LogP contribution in [0.2, 0.25) is 0 Å². The van der Waals surface area contributed by atoms with E-state index in [2.05, 4.69) is 20.3 Å². The van der Waals surface area contributed by atoms with Gasteiger partial charge in [-0.25, -0.2) is 9.97 Å². The summed E-state index contributed by atoms with van der Waals surface area (Å²) in [7, 11) is 1.48. The lowest BCUT2D eigenvalue weighted by atomic mass is 10.1. The number of ether oxygens (including phenoxy) is 1. The number of nitrogens with zero attached hydrogens (tertiary/aromatic N) is 3. The third-order valence-corrected chi connectivity index (χ3v) is 4.69. The van der Waals surface area contributed by atoms with Crippen molar-refractivity contribution in [2.75, 3.05) is 12.4 Å². The number of carbonyl (C=O) groups excluding carboxylic acids is 1. The Morgan fingerprint density at radius 3 is 2.56 bits per heavy atom. The molecule has 0 radical (unpaired) electrons. The summed E-state index contributed by atoms with van der Waals surface area (Å²) in [5, 5.41) is 3.32. The van der Waals surface area contributed by atoms with Crippen LogP contribution in [0.5, 0.6) is 5.75 Å². The maximum atomic E-state index is 13.3. The number of methoxy groups -OCH3 is 1. The number of amides is 1. The molecule has 0 spiro atoms. The molecular weight excluding hydrogens is 423 g/mol. The van der Waals surface area contributed by atoms with Crippen LogP contribution in [-0.4, -0.2) is 28.0 Å². The van der Waals surface area contributed by atoms with Crippen molar-refractivity contribution < 1.29 is 22.7 Å². The molecule has 3 N–H and O–H groups in total. The molecule has 2 aromatic carbocycles. The zero-order valence-corrected chi connectivity index (χ0v) is 16.6. The van der Waals surface area contributed by atoms with Gasteiger partial charge in [-0.3, -0.25) is 9.78 Å². The largest absolute Gasteiger partial charge is 0.497 e. The van der Waals surface area contributed by atoms with Gasteiger partial charge in [0.2, 0.25) is 0 Å². The summed E-state index contributed by atoms with van der Waals surface area (Å²) in [4.78, 5) is 24.9. The highest BCUT2D eigenvalue weighted by Crippen LogP contribution is 2.35. The summed E-state index contributed by atoms with van der Waals surface area (Å²) < 4.78 is 45.1. The number of nitrogens with two attached hydrogens (primary N) is 1. The zero-order valence-electron chi connectivity index (χ0n) is 16.6. The van der Waals surface area contributed by atoms with Gasteiger partial charge in [-0.1, -0.05) is 0 Å². The number of nitrogens with one attached hydrogen (secondary N) is 1. The normalized spacial score (nSPS) is 11.4. The first-order valence-corrected chi connectivity index (χ1v) is 9.30. The van der Waals surface area contributed by atoms with Gasteiger partial charge in [0.15, 0.2) is 5.82 Å². The minimum atomic E-state index is -4.61. The van der Waals surface area contributed by atoms with E-state index in [4.69, 9.17) is 10.5 Å². The molecule has 0 bridgehead atoms. The number of hydrogen-bond donors (Lipinski definition) is 2. The molecular formula is C22H16F3N5O2. The van der Waals surface area contributed by atoms with Crippen molar-refractivity contribution in [2.24, 2.45) is 5.73 Å². The lowest BCUT2D eigenvalue weighted by Gasteiger charge is -2.16. The molecule has 162 valence electrons. The first kappa shape index (κ1) is 21.0. The van der Waals surface area contributed by atoms with Crippen LogP contribution >= 0.6 is 0 Å². The Hall–Kier alpha value is -4.21. The van der Waals surface area contributed by atoms with Crippen LogP contribution in [0.3, 0.4) is 0 Å². The van der Waals surface area contributed by atoms with Crippen LogP contribution in [0, 0.1) is 0 Å². The number of halogens is 3. The SMILES string of the molecule is COc1ccc2nc(-c3cccnc3)nc(Nc3cc(C(F)(F)F)ccc3C(N)=O)c2c1. The molecule has 0 saturated carbocycles. The minimum absolute atomic E-state index is 0.115. The summed E-state index contributed by atoms with van der Waals surface area (Å²) >= 11 is 0. The van der Waals surface area contributed by atoms with E-state index in [0.29, 0.717) is 28.0 Å².